The number of methoxy groups -OCH3 is 1. The highest BCUT2D eigenvalue weighted by Gasteiger charge is 2.14. The van der Waals surface area contributed by atoms with Crippen molar-refractivity contribution in [1.82, 2.24) is 4.98 Å². The van der Waals surface area contributed by atoms with Crippen LogP contribution in [0.4, 0.5) is 0 Å². The highest BCUT2D eigenvalue weighted by Crippen LogP contribution is 2.28. The van der Waals surface area contributed by atoms with Gasteiger partial charge in [-0.1, -0.05) is 29.3 Å². The van der Waals surface area contributed by atoms with E-state index in [1.807, 2.05) is 0 Å². The summed E-state index contributed by atoms with van der Waals surface area (Å²) in [5.41, 5.74) is 1.25. The Hall–Kier alpha value is -2.11. The molecule has 7 heteroatoms. The van der Waals surface area contributed by atoms with Crippen molar-refractivity contribution in [2.24, 2.45) is 0 Å². The Bertz CT molecular complexity index is 731. The zero-order chi connectivity index (χ0) is 15.6. The van der Waals surface area contributed by atoms with Gasteiger partial charge in [0.2, 0.25) is 0 Å². The molecule has 0 spiro atoms. The molecule has 0 radical (unpaired) electrons. The smallest absolute Gasteiger partial charge is 0.339 e. The number of aromatic nitrogens is 1. The fourth-order valence-corrected chi connectivity index (χ4v) is 2.17. The average molecular weight is 326 g/mol. The number of aromatic carboxylic acids is 1. The molecule has 0 saturated carbocycles. The molecule has 0 saturated heterocycles. The minimum atomic E-state index is -1.17. The Morgan fingerprint density at radius 3 is 2.43 bits per heavy atom. The Morgan fingerprint density at radius 2 is 1.86 bits per heavy atom. The van der Waals surface area contributed by atoms with Crippen LogP contribution < -0.4 is 0 Å². The molecule has 1 N–H and O–H groups in total. The van der Waals surface area contributed by atoms with Gasteiger partial charge < -0.3 is 9.84 Å². The number of pyridine rings is 1. The number of nitrogens with zero attached hydrogens (tertiary/aromatic N) is 1. The summed E-state index contributed by atoms with van der Waals surface area (Å²) < 4.78 is 4.60. The quantitative estimate of drug-likeness (QED) is 0.689. The van der Waals surface area contributed by atoms with E-state index in [0.717, 1.165) is 0 Å². The number of hydrogen-bond acceptors (Lipinski definition) is 4. The van der Waals surface area contributed by atoms with Crippen LogP contribution in [0.15, 0.2) is 30.5 Å². The summed E-state index contributed by atoms with van der Waals surface area (Å²) >= 11 is 11.7. The Kier molecular flexibility index (Phi) is 4.45. The van der Waals surface area contributed by atoms with Gasteiger partial charge in [-0.2, -0.15) is 0 Å². The van der Waals surface area contributed by atoms with E-state index in [2.05, 4.69) is 9.72 Å². The molecule has 0 atom stereocenters. The Labute approximate surface area is 130 Å². The molecule has 2 rings (SSSR count). The van der Waals surface area contributed by atoms with Crippen LogP contribution in [0, 0.1) is 0 Å². The summed E-state index contributed by atoms with van der Waals surface area (Å²) in [5, 5.41) is 9.13. The number of benzene rings is 1. The first-order chi connectivity index (χ1) is 9.93. The van der Waals surface area contributed by atoms with Crippen LogP contribution in [-0.2, 0) is 4.74 Å². The molecule has 21 heavy (non-hydrogen) atoms. The van der Waals surface area contributed by atoms with Crippen LogP contribution >= 0.6 is 23.2 Å². The molecule has 1 heterocycles. The van der Waals surface area contributed by atoms with E-state index in [0.29, 0.717) is 11.1 Å². The van der Waals surface area contributed by atoms with Gasteiger partial charge in [0, 0.05) is 11.8 Å². The molecule has 108 valence electrons. The first kappa shape index (κ1) is 15.3. The van der Waals surface area contributed by atoms with E-state index in [9.17, 15) is 9.59 Å². The lowest BCUT2D eigenvalue weighted by atomic mass is 10.0. The fraction of sp³-hybridized carbons (Fsp3) is 0.0714. The molecule has 0 bridgehead atoms. The summed E-state index contributed by atoms with van der Waals surface area (Å²) in [6, 6.07) is 6.04. The molecule has 0 fully saturated rings. The third-order valence-electron chi connectivity index (χ3n) is 2.78. The molecule has 0 aliphatic rings. The summed E-state index contributed by atoms with van der Waals surface area (Å²) in [6.07, 6.45) is 1.43. The lowest BCUT2D eigenvalue weighted by molar-refractivity contribution is 0.0600. The third-order valence-corrected chi connectivity index (χ3v) is 3.39. The van der Waals surface area contributed by atoms with Gasteiger partial charge in [-0.15, -0.1) is 0 Å². The maximum atomic E-state index is 11.5. The summed E-state index contributed by atoms with van der Waals surface area (Å²) in [7, 11) is 1.26. The number of carbonyl (C=O) groups is 2. The molecule has 0 aliphatic carbocycles. The number of ether oxygens (including phenoxy) is 1. The summed E-state index contributed by atoms with van der Waals surface area (Å²) in [4.78, 5) is 26.3. The third kappa shape index (κ3) is 3.15. The molecule has 1 aromatic carbocycles. The van der Waals surface area contributed by atoms with Crippen LogP contribution in [-0.4, -0.2) is 29.1 Å². The maximum Gasteiger partial charge on any atom is 0.339 e. The van der Waals surface area contributed by atoms with Gasteiger partial charge in [0.05, 0.1) is 23.3 Å². The van der Waals surface area contributed by atoms with Crippen LogP contribution in [0.25, 0.3) is 11.1 Å². The maximum absolute atomic E-state index is 11.5. The molecule has 1 aromatic heterocycles. The zero-order valence-corrected chi connectivity index (χ0v) is 12.3. The molecule has 2 aromatic rings. The second-order valence-corrected chi connectivity index (χ2v) is 4.82. The van der Waals surface area contributed by atoms with Crippen LogP contribution in [0.5, 0.6) is 0 Å². The van der Waals surface area contributed by atoms with E-state index in [1.165, 1.54) is 31.5 Å². The van der Waals surface area contributed by atoms with Crippen molar-refractivity contribution in [3.63, 3.8) is 0 Å². The number of hydrogen-bond donors (Lipinski definition) is 1. The fourth-order valence-electron chi connectivity index (χ4n) is 1.73. The van der Waals surface area contributed by atoms with Gasteiger partial charge >= 0.3 is 11.9 Å². The minimum absolute atomic E-state index is 0.0940. The highest BCUT2D eigenvalue weighted by atomic mass is 35.5. The predicted octanol–water partition coefficient (Wildman–Crippen LogP) is 3.54. The van der Waals surface area contributed by atoms with Gasteiger partial charge in [0.1, 0.15) is 5.15 Å². The van der Waals surface area contributed by atoms with Crippen LogP contribution in [0.3, 0.4) is 0 Å². The van der Waals surface area contributed by atoms with Crippen molar-refractivity contribution in [3.05, 3.63) is 51.8 Å². The second kappa shape index (κ2) is 6.11. The van der Waals surface area contributed by atoms with Crippen LogP contribution in [0.1, 0.15) is 20.7 Å². The van der Waals surface area contributed by atoms with Gasteiger partial charge in [0.15, 0.2) is 0 Å². The predicted molar refractivity (Wildman–Crippen MR) is 78.0 cm³/mol. The normalized spacial score (nSPS) is 10.2. The average Bonchev–Trinajstić information content (AvgIpc) is 2.46. The van der Waals surface area contributed by atoms with Crippen molar-refractivity contribution in [3.8, 4) is 11.1 Å². The summed E-state index contributed by atoms with van der Waals surface area (Å²) in [5.74, 6) is -1.72. The van der Waals surface area contributed by atoms with Gasteiger partial charge in [-0.05, 0) is 23.8 Å². The monoisotopic (exact) mass is 325 g/mol. The zero-order valence-electron chi connectivity index (χ0n) is 10.8. The number of carboxylic acids is 1. The van der Waals surface area contributed by atoms with Crippen LogP contribution in [0.2, 0.25) is 10.2 Å². The number of carboxylic acid groups (broad SMARTS) is 1. The minimum Gasteiger partial charge on any atom is -0.478 e. The molecule has 0 aliphatic heterocycles. The SMILES string of the molecule is COC(=O)c1ccc(-c2cnc(Cl)c(C(=O)O)c2)cc1Cl. The summed E-state index contributed by atoms with van der Waals surface area (Å²) in [6.45, 7) is 0. The highest BCUT2D eigenvalue weighted by molar-refractivity contribution is 6.34. The van der Waals surface area contributed by atoms with E-state index >= 15 is 0 Å². The van der Waals surface area contributed by atoms with Crippen molar-refractivity contribution in [1.29, 1.82) is 0 Å². The number of carbonyl (C=O) groups excluding carboxylic acids is 1. The first-order valence-electron chi connectivity index (χ1n) is 5.71. The number of halogens is 2. The standard InChI is InChI=1S/C14H9Cl2NO4/c1-21-14(20)9-3-2-7(5-11(9)15)8-4-10(13(18)19)12(16)17-6-8/h2-6H,1H3,(H,18,19). The van der Waals surface area contributed by atoms with E-state index in [4.69, 9.17) is 28.3 Å². The first-order valence-corrected chi connectivity index (χ1v) is 6.46. The molecule has 0 unspecified atom stereocenters. The van der Waals surface area contributed by atoms with E-state index in [-0.39, 0.29) is 21.3 Å². The molecule has 5 nitrogen and oxygen atoms in total. The Morgan fingerprint density at radius 1 is 1.14 bits per heavy atom. The Balaban J connectivity index is 2.48. The molecular formula is C14H9Cl2NO4. The number of esters is 1. The number of rotatable bonds is 3. The second-order valence-electron chi connectivity index (χ2n) is 4.05. The topological polar surface area (TPSA) is 76.5 Å². The van der Waals surface area contributed by atoms with Crippen molar-refractivity contribution in [2.75, 3.05) is 7.11 Å². The molecular weight excluding hydrogens is 317 g/mol. The van der Waals surface area contributed by atoms with Crippen molar-refractivity contribution < 1.29 is 19.4 Å². The largest absolute Gasteiger partial charge is 0.478 e. The molecule has 0 amide bonds. The van der Waals surface area contributed by atoms with Gasteiger partial charge in [-0.25, -0.2) is 14.6 Å². The lowest BCUT2D eigenvalue weighted by Gasteiger charge is -2.07. The van der Waals surface area contributed by atoms with E-state index < -0.39 is 11.9 Å². The van der Waals surface area contributed by atoms with Gasteiger partial charge in [-0.3, -0.25) is 0 Å². The lowest BCUT2D eigenvalue weighted by Crippen LogP contribution is -2.02. The van der Waals surface area contributed by atoms with E-state index in [1.54, 1.807) is 6.07 Å². The van der Waals surface area contributed by atoms with Gasteiger partial charge in [0.25, 0.3) is 0 Å². The van der Waals surface area contributed by atoms with Crippen molar-refractivity contribution >= 4 is 35.1 Å². The van der Waals surface area contributed by atoms with Crippen molar-refractivity contribution in [2.45, 2.75) is 0 Å².